The summed E-state index contributed by atoms with van der Waals surface area (Å²) in [6, 6.07) is 6.22. The Hall–Kier alpha value is -1.35. The summed E-state index contributed by atoms with van der Waals surface area (Å²) >= 11 is 0. The van der Waals surface area contributed by atoms with Gasteiger partial charge in [-0.1, -0.05) is 39.0 Å². The normalized spacial score (nSPS) is 12.9. The second-order valence-corrected chi connectivity index (χ2v) is 7.04. The summed E-state index contributed by atoms with van der Waals surface area (Å²) in [6.45, 7) is 16.2. The predicted molar refractivity (Wildman–Crippen MR) is 104 cm³/mol. The van der Waals surface area contributed by atoms with Gasteiger partial charge in [0.2, 0.25) is 0 Å². The van der Waals surface area contributed by atoms with E-state index in [-0.39, 0.29) is 11.9 Å². The van der Waals surface area contributed by atoms with E-state index in [0.717, 1.165) is 66.6 Å². The van der Waals surface area contributed by atoms with E-state index >= 15 is 0 Å². The van der Waals surface area contributed by atoms with Crippen molar-refractivity contribution in [1.29, 1.82) is 0 Å². The maximum atomic E-state index is 13.2. The summed E-state index contributed by atoms with van der Waals surface area (Å²) in [4.78, 5) is 13.2. The van der Waals surface area contributed by atoms with E-state index in [1.165, 1.54) is 0 Å². The first kappa shape index (κ1) is 20.7. The van der Waals surface area contributed by atoms with Crippen LogP contribution in [0.1, 0.15) is 64.5 Å². The highest BCUT2D eigenvalue weighted by Crippen LogP contribution is 2.25. The molecule has 3 nitrogen and oxygen atoms in total. The zero-order chi connectivity index (χ0) is 18.2. The highest BCUT2D eigenvalue weighted by molar-refractivity contribution is 5.95. The fourth-order valence-electron chi connectivity index (χ4n) is 4.00. The Morgan fingerprint density at radius 1 is 1.00 bits per heavy atom. The van der Waals surface area contributed by atoms with Crippen LogP contribution in [0.2, 0.25) is 0 Å². The van der Waals surface area contributed by atoms with Gasteiger partial charge in [0.25, 0.3) is 5.91 Å². The Morgan fingerprint density at radius 3 is 1.96 bits per heavy atom. The van der Waals surface area contributed by atoms with Crippen molar-refractivity contribution in [3.63, 3.8) is 0 Å². The fourth-order valence-corrected chi connectivity index (χ4v) is 4.00. The number of hydrogen-bond acceptors (Lipinski definition) is 1. The quantitative estimate of drug-likeness (QED) is 0.595. The minimum atomic E-state index is 0.0407. The highest BCUT2D eigenvalue weighted by Gasteiger charge is 2.38. The standard InChI is InChI=1S/C21H36N2O/c1-7-12-19(23(10-4,15-8-2)16-9-3)21(24)22-20-17(5)13-11-14-18(20)6/h11,13-14,19H,7-10,12,15-16H2,1-6H3/p+1. The molecule has 1 aromatic rings. The first-order valence-corrected chi connectivity index (χ1v) is 9.68. The van der Waals surface area contributed by atoms with Crippen LogP contribution in [-0.2, 0) is 4.79 Å². The average molecular weight is 334 g/mol. The molecule has 0 fully saturated rings. The van der Waals surface area contributed by atoms with E-state index in [0.29, 0.717) is 0 Å². The van der Waals surface area contributed by atoms with Crippen LogP contribution in [0.3, 0.4) is 0 Å². The average Bonchev–Trinajstić information content (AvgIpc) is 2.55. The minimum Gasteiger partial charge on any atom is -0.320 e. The number of rotatable bonds is 10. The van der Waals surface area contributed by atoms with Gasteiger partial charge in [-0.3, -0.25) is 4.79 Å². The molecule has 3 heteroatoms. The second-order valence-electron chi connectivity index (χ2n) is 7.04. The SMILES string of the molecule is CCCC(C(=O)Nc1c(C)cccc1C)[N+](CC)(CCC)CCC. The van der Waals surface area contributed by atoms with Gasteiger partial charge in [0.15, 0.2) is 6.04 Å². The lowest BCUT2D eigenvalue weighted by Gasteiger charge is -2.43. The minimum absolute atomic E-state index is 0.0407. The molecular weight excluding hydrogens is 296 g/mol. The Bertz CT molecular complexity index is 498. The maximum absolute atomic E-state index is 13.2. The van der Waals surface area contributed by atoms with Crippen LogP contribution in [0, 0.1) is 13.8 Å². The van der Waals surface area contributed by atoms with Crippen LogP contribution in [0.4, 0.5) is 5.69 Å². The van der Waals surface area contributed by atoms with Crippen molar-refractivity contribution in [3.05, 3.63) is 29.3 Å². The molecule has 0 radical (unpaired) electrons. The molecule has 1 atom stereocenters. The zero-order valence-electron chi connectivity index (χ0n) is 16.6. The fraction of sp³-hybridized carbons (Fsp3) is 0.667. The van der Waals surface area contributed by atoms with Gasteiger partial charge in [0.05, 0.1) is 19.6 Å². The number of aryl methyl sites for hydroxylation is 2. The summed E-state index contributed by atoms with van der Waals surface area (Å²) in [7, 11) is 0. The van der Waals surface area contributed by atoms with Crippen molar-refractivity contribution in [2.24, 2.45) is 0 Å². The lowest BCUT2D eigenvalue weighted by molar-refractivity contribution is -0.941. The number of carbonyl (C=O) groups is 1. The number of likely N-dealkylation sites (N-methyl/N-ethyl adjacent to an activating group) is 1. The largest absolute Gasteiger partial charge is 0.320 e. The smallest absolute Gasteiger partial charge is 0.282 e. The number of anilines is 1. The van der Waals surface area contributed by atoms with Crippen molar-refractivity contribution in [3.8, 4) is 0 Å². The molecule has 1 rings (SSSR count). The Morgan fingerprint density at radius 2 is 1.54 bits per heavy atom. The molecule has 0 saturated carbocycles. The molecular formula is C21H37N2O+. The first-order valence-electron chi connectivity index (χ1n) is 9.68. The molecule has 0 aliphatic heterocycles. The van der Waals surface area contributed by atoms with Crippen molar-refractivity contribution in [1.82, 2.24) is 0 Å². The van der Waals surface area contributed by atoms with E-state index in [2.05, 4.69) is 59.0 Å². The van der Waals surface area contributed by atoms with Crippen molar-refractivity contribution in [2.75, 3.05) is 25.0 Å². The number of benzene rings is 1. The predicted octanol–water partition coefficient (Wildman–Crippen LogP) is 5.07. The van der Waals surface area contributed by atoms with Gasteiger partial charge in [-0.2, -0.15) is 0 Å². The molecule has 0 saturated heterocycles. The number of nitrogens with zero attached hydrogens (tertiary/aromatic N) is 1. The molecule has 1 amide bonds. The third-order valence-electron chi connectivity index (χ3n) is 5.22. The number of amides is 1. The molecule has 1 aromatic carbocycles. The van der Waals surface area contributed by atoms with Gasteiger partial charge >= 0.3 is 0 Å². The molecule has 0 bridgehead atoms. The van der Waals surface area contributed by atoms with Gasteiger partial charge in [0, 0.05) is 12.1 Å². The van der Waals surface area contributed by atoms with E-state index in [1.807, 2.05) is 6.07 Å². The monoisotopic (exact) mass is 333 g/mol. The highest BCUT2D eigenvalue weighted by atomic mass is 16.2. The third kappa shape index (κ3) is 4.83. The van der Waals surface area contributed by atoms with Crippen molar-refractivity contribution >= 4 is 11.6 Å². The molecule has 136 valence electrons. The summed E-state index contributed by atoms with van der Waals surface area (Å²) < 4.78 is 0.914. The van der Waals surface area contributed by atoms with Crippen LogP contribution in [0.5, 0.6) is 0 Å². The molecule has 0 aliphatic carbocycles. The van der Waals surface area contributed by atoms with Gasteiger partial charge in [-0.05, 0) is 51.2 Å². The molecule has 1 unspecified atom stereocenters. The first-order chi connectivity index (χ1) is 11.5. The van der Waals surface area contributed by atoms with Gasteiger partial charge in [-0.25, -0.2) is 0 Å². The van der Waals surface area contributed by atoms with Crippen molar-refractivity contribution in [2.45, 2.75) is 73.3 Å². The molecule has 0 aliphatic rings. The third-order valence-corrected chi connectivity index (χ3v) is 5.22. The number of nitrogens with one attached hydrogen (secondary N) is 1. The van der Waals surface area contributed by atoms with Crippen LogP contribution in [0.25, 0.3) is 0 Å². The van der Waals surface area contributed by atoms with Crippen LogP contribution in [-0.4, -0.2) is 36.1 Å². The van der Waals surface area contributed by atoms with E-state index in [1.54, 1.807) is 0 Å². The van der Waals surface area contributed by atoms with E-state index < -0.39 is 0 Å². The maximum Gasteiger partial charge on any atom is 0.282 e. The number of carbonyl (C=O) groups excluding carboxylic acids is 1. The lowest BCUT2D eigenvalue weighted by atomic mass is 10.0. The number of para-hydroxylation sites is 1. The summed E-state index contributed by atoms with van der Waals surface area (Å²) in [5.41, 5.74) is 3.27. The van der Waals surface area contributed by atoms with Crippen LogP contribution in [0.15, 0.2) is 18.2 Å². The topological polar surface area (TPSA) is 29.1 Å². The van der Waals surface area contributed by atoms with Crippen LogP contribution < -0.4 is 5.32 Å². The Kier molecular flexibility index (Phi) is 8.47. The molecule has 0 aromatic heterocycles. The zero-order valence-corrected chi connectivity index (χ0v) is 16.6. The molecule has 1 N–H and O–H groups in total. The summed E-state index contributed by atoms with van der Waals surface area (Å²) in [5.74, 6) is 0.193. The summed E-state index contributed by atoms with van der Waals surface area (Å²) in [5, 5.41) is 3.27. The van der Waals surface area contributed by atoms with Crippen LogP contribution >= 0.6 is 0 Å². The Balaban J connectivity index is 3.14. The van der Waals surface area contributed by atoms with Crippen molar-refractivity contribution < 1.29 is 9.28 Å². The summed E-state index contributed by atoms with van der Waals surface area (Å²) in [6.07, 6.45) is 4.22. The number of hydrogen-bond donors (Lipinski definition) is 1. The van der Waals surface area contributed by atoms with Gasteiger partial charge < -0.3 is 9.80 Å². The van der Waals surface area contributed by atoms with E-state index in [9.17, 15) is 4.79 Å². The van der Waals surface area contributed by atoms with E-state index in [4.69, 9.17) is 0 Å². The number of quaternary nitrogens is 1. The van der Waals surface area contributed by atoms with Gasteiger partial charge in [0.1, 0.15) is 0 Å². The molecule has 0 heterocycles. The second kappa shape index (κ2) is 9.83. The lowest BCUT2D eigenvalue weighted by Crippen LogP contribution is -2.60. The van der Waals surface area contributed by atoms with Gasteiger partial charge in [-0.15, -0.1) is 0 Å². The Labute approximate surface area is 149 Å². The molecule has 24 heavy (non-hydrogen) atoms. The molecule has 0 spiro atoms.